The van der Waals surface area contributed by atoms with E-state index < -0.39 is 0 Å². The average molecular weight is 838 g/mol. The summed E-state index contributed by atoms with van der Waals surface area (Å²) in [7, 11) is 0. The summed E-state index contributed by atoms with van der Waals surface area (Å²) in [4.78, 5) is 11.2. The van der Waals surface area contributed by atoms with E-state index in [9.17, 15) is 0 Å². The molecule has 0 saturated carbocycles. The van der Waals surface area contributed by atoms with Gasteiger partial charge in [-0.1, -0.05) is 170 Å². The van der Waals surface area contributed by atoms with Crippen molar-refractivity contribution < 1.29 is 4.42 Å². The molecule has 3 heterocycles. The van der Waals surface area contributed by atoms with Crippen molar-refractivity contribution in [1.82, 2.24) is 14.5 Å². The van der Waals surface area contributed by atoms with Crippen LogP contribution in [0, 0.1) is 11.8 Å². The van der Waals surface area contributed by atoms with Crippen LogP contribution in [0.1, 0.15) is 11.1 Å². The fraction of sp³-hybridized carbons (Fsp3) is 0. The molecular weight excluding hydrogens is 803 g/mol. The molecule has 0 saturated heterocycles. The standard InChI is InChI=1S/C62H35N3O/c1-2-15-40(16-3-1)59-60(64-62-49-22-9-7-19-46(49)45-18-6-8-21-48(45)61(62)63-59)44-30-32-53(43(35-44)29-27-38-26-28-39-14-4-5-17-41(39)34-38)65-54-24-12-10-20-47(54)52-37-51-42(36-55(52)65)31-33-57-58(51)50-23-11-13-25-56(50)66-57/h1-26,28,30-37H. The van der Waals surface area contributed by atoms with Crippen molar-refractivity contribution in [3.05, 3.63) is 223 Å². The summed E-state index contributed by atoms with van der Waals surface area (Å²) in [6.07, 6.45) is 0. The molecule has 0 fully saturated rings. The highest BCUT2D eigenvalue weighted by Crippen LogP contribution is 2.42. The van der Waals surface area contributed by atoms with Crippen molar-refractivity contribution in [2.45, 2.75) is 0 Å². The van der Waals surface area contributed by atoms with Crippen molar-refractivity contribution in [3.8, 4) is 40.0 Å². The van der Waals surface area contributed by atoms with E-state index in [1.165, 1.54) is 26.9 Å². The molecule has 66 heavy (non-hydrogen) atoms. The predicted molar refractivity (Wildman–Crippen MR) is 274 cm³/mol. The first kappa shape index (κ1) is 36.4. The Balaban J connectivity index is 1.06. The molecule has 4 heteroatoms. The summed E-state index contributed by atoms with van der Waals surface area (Å²) in [6.45, 7) is 0. The number of fused-ring (bicyclic) bond motifs is 15. The first-order valence-electron chi connectivity index (χ1n) is 22.3. The van der Waals surface area contributed by atoms with Crippen LogP contribution in [0.3, 0.4) is 0 Å². The maximum atomic E-state index is 6.36. The second-order valence-electron chi connectivity index (χ2n) is 17.1. The molecule has 0 amide bonds. The molecule has 0 unspecified atom stereocenters. The lowest BCUT2D eigenvalue weighted by atomic mass is 9.97. The molecule has 11 aromatic carbocycles. The maximum Gasteiger partial charge on any atom is 0.136 e. The summed E-state index contributed by atoms with van der Waals surface area (Å²) in [5, 5.41) is 13.7. The highest BCUT2D eigenvalue weighted by atomic mass is 16.3. The molecule has 0 aliphatic heterocycles. The Labute approximate surface area is 378 Å². The number of para-hydroxylation sites is 2. The highest BCUT2D eigenvalue weighted by Gasteiger charge is 2.21. The zero-order chi connectivity index (χ0) is 43.3. The molecular formula is C62H35N3O. The van der Waals surface area contributed by atoms with Crippen molar-refractivity contribution in [2.24, 2.45) is 0 Å². The molecule has 0 aliphatic carbocycles. The van der Waals surface area contributed by atoms with Crippen LogP contribution in [0.2, 0.25) is 0 Å². The Morgan fingerprint density at radius 1 is 0.364 bits per heavy atom. The van der Waals surface area contributed by atoms with Gasteiger partial charge in [0, 0.05) is 54.6 Å². The fourth-order valence-electron chi connectivity index (χ4n) is 10.3. The molecule has 0 spiro atoms. The van der Waals surface area contributed by atoms with Gasteiger partial charge in [-0.25, -0.2) is 9.97 Å². The first-order valence-corrected chi connectivity index (χ1v) is 22.3. The van der Waals surface area contributed by atoms with Crippen molar-refractivity contribution in [2.75, 3.05) is 0 Å². The molecule has 0 aliphatic rings. The first-order chi connectivity index (χ1) is 32.7. The van der Waals surface area contributed by atoms with Crippen molar-refractivity contribution >= 4 is 97.9 Å². The van der Waals surface area contributed by atoms with E-state index in [0.717, 1.165) is 110 Å². The van der Waals surface area contributed by atoms with Gasteiger partial charge in [-0.15, -0.1) is 0 Å². The van der Waals surface area contributed by atoms with E-state index in [1.807, 2.05) is 18.2 Å². The number of aromatic nitrogens is 3. The molecule has 3 aromatic heterocycles. The normalized spacial score (nSPS) is 11.8. The quantitative estimate of drug-likeness (QED) is 0.132. The van der Waals surface area contributed by atoms with E-state index in [2.05, 4.69) is 211 Å². The topological polar surface area (TPSA) is 43.9 Å². The third-order valence-electron chi connectivity index (χ3n) is 13.3. The Hall–Kier alpha value is -9.04. The van der Waals surface area contributed by atoms with Gasteiger partial charge < -0.3 is 8.98 Å². The van der Waals surface area contributed by atoms with E-state index >= 15 is 0 Å². The number of furan rings is 1. The Kier molecular flexibility index (Phi) is 7.86. The van der Waals surface area contributed by atoms with Crippen LogP contribution < -0.4 is 0 Å². The van der Waals surface area contributed by atoms with Gasteiger partial charge in [0.05, 0.1) is 39.1 Å². The lowest BCUT2D eigenvalue weighted by Crippen LogP contribution is -2.01. The fourth-order valence-corrected chi connectivity index (χ4v) is 10.3. The molecule has 4 nitrogen and oxygen atoms in total. The van der Waals surface area contributed by atoms with Crippen LogP contribution in [0.5, 0.6) is 0 Å². The van der Waals surface area contributed by atoms with Crippen molar-refractivity contribution in [3.63, 3.8) is 0 Å². The third-order valence-corrected chi connectivity index (χ3v) is 13.3. The lowest BCUT2D eigenvalue weighted by molar-refractivity contribution is 0.669. The minimum atomic E-state index is 0.805. The second kappa shape index (κ2) is 14.2. The minimum absolute atomic E-state index is 0.805. The number of nitrogens with zero attached hydrogens (tertiary/aromatic N) is 3. The molecule has 304 valence electrons. The largest absolute Gasteiger partial charge is 0.456 e. The minimum Gasteiger partial charge on any atom is -0.456 e. The van der Waals surface area contributed by atoms with Gasteiger partial charge >= 0.3 is 0 Å². The van der Waals surface area contributed by atoms with Gasteiger partial charge in [0.15, 0.2) is 0 Å². The zero-order valence-electron chi connectivity index (χ0n) is 35.5. The van der Waals surface area contributed by atoms with Gasteiger partial charge in [-0.3, -0.25) is 0 Å². The lowest BCUT2D eigenvalue weighted by Gasteiger charge is -2.16. The van der Waals surface area contributed by atoms with Gasteiger partial charge in [-0.05, 0) is 86.9 Å². The summed E-state index contributed by atoms with van der Waals surface area (Å²) in [5.41, 5.74) is 12.1. The summed E-state index contributed by atoms with van der Waals surface area (Å²) < 4.78 is 8.74. The summed E-state index contributed by atoms with van der Waals surface area (Å²) in [5.74, 6) is 7.32. The zero-order valence-corrected chi connectivity index (χ0v) is 35.5. The van der Waals surface area contributed by atoms with Crippen LogP contribution >= 0.6 is 0 Å². The second-order valence-corrected chi connectivity index (χ2v) is 17.1. The average Bonchev–Trinajstić information content (AvgIpc) is 3.93. The molecule has 14 rings (SSSR count). The van der Waals surface area contributed by atoms with Gasteiger partial charge in [0.2, 0.25) is 0 Å². The molecule has 0 radical (unpaired) electrons. The van der Waals surface area contributed by atoms with Gasteiger partial charge in [0.1, 0.15) is 11.2 Å². The Morgan fingerprint density at radius 3 is 1.79 bits per heavy atom. The number of rotatable bonds is 3. The van der Waals surface area contributed by atoms with Crippen LogP contribution in [0.15, 0.2) is 217 Å². The maximum absolute atomic E-state index is 6.36. The summed E-state index contributed by atoms with van der Waals surface area (Å²) >= 11 is 0. The van der Waals surface area contributed by atoms with Crippen LogP contribution in [-0.4, -0.2) is 14.5 Å². The van der Waals surface area contributed by atoms with E-state index in [4.69, 9.17) is 14.4 Å². The number of hydrogen-bond donors (Lipinski definition) is 0. The highest BCUT2D eigenvalue weighted by molar-refractivity contribution is 6.25. The Bertz CT molecular complexity index is 4410. The molecule has 14 aromatic rings. The van der Waals surface area contributed by atoms with Crippen LogP contribution in [0.4, 0.5) is 0 Å². The Morgan fingerprint density at radius 2 is 1.00 bits per heavy atom. The predicted octanol–water partition coefficient (Wildman–Crippen LogP) is 16.0. The van der Waals surface area contributed by atoms with E-state index in [-0.39, 0.29) is 0 Å². The van der Waals surface area contributed by atoms with Crippen LogP contribution in [0.25, 0.3) is 126 Å². The third kappa shape index (κ3) is 5.54. The summed E-state index contributed by atoms with van der Waals surface area (Å²) in [6, 6.07) is 75.0. The van der Waals surface area contributed by atoms with Gasteiger partial charge in [-0.2, -0.15) is 0 Å². The smallest absolute Gasteiger partial charge is 0.136 e. The van der Waals surface area contributed by atoms with E-state index in [0.29, 0.717) is 0 Å². The van der Waals surface area contributed by atoms with Crippen molar-refractivity contribution in [1.29, 1.82) is 0 Å². The monoisotopic (exact) mass is 837 g/mol. The molecule has 0 N–H and O–H groups in total. The number of hydrogen-bond acceptors (Lipinski definition) is 3. The number of benzene rings is 11. The molecule has 0 atom stereocenters. The van der Waals surface area contributed by atoms with E-state index in [1.54, 1.807) is 0 Å². The van der Waals surface area contributed by atoms with Gasteiger partial charge in [0.25, 0.3) is 0 Å². The SMILES string of the molecule is C(#Cc1cc(-c2nc3c4ccccc4c4ccccc4c3nc2-c2ccccc2)ccc1-n1c2ccccc2c2cc3c(ccc4oc5ccccc5c43)cc21)c1ccc2ccccc2c1. The van der Waals surface area contributed by atoms with Crippen LogP contribution in [-0.2, 0) is 0 Å². The molecule has 0 bridgehead atoms.